The van der Waals surface area contributed by atoms with Gasteiger partial charge in [-0.3, -0.25) is 28.9 Å². The molecule has 0 aromatic heterocycles. The minimum atomic E-state index is -1.35. The number of allylic oxidation sites excluding steroid dienone is 3. The van der Waals surface area contributed by atoms with Crippen LogP contribution in [0.2, 0.25) is 0 Å². The van der Waals surface area contributed by atoms with Gasteiger partial charge >= 0.3 is 23.9 Å². The molecule has 0 radical (unpaired) electrons. The van der Waals surface area contributed by atoms with E-state index in [-0.39, 0.29) is 44.9 Å². The maximum Gasteiger partial charge on any atom is 0.341 e. The average molecular weight is 982 g/mol. The summed E-state index contributed by atoms with van der Waals surface area (Å²) in [6.45, 7) is 22.2. The SMILES string of the molecule is C=C1C(=O)O[C@H](CC)[C@@H](CO[C@@H]2O[C@H](C)[C@@H](OC(C)=O)[C@@H](OC)[C@H]2OC)/C=C(C)/C=C/C(=O)[C@H](C)C[C@H](CC(OCC)OCC)[C@H](O[C@@H]2O[C@H](C)[C@@H](OC(C)=O)[C@H](N(C)C)[C@H]2OC(C)=O)[C@@H](C)C1=O. The highest BCUT2D eigenvalue weighted by Gasteiger charge is 2.52. The van der Waals surface area contributed by atoms with E-state index in [2.05, 4.69) is 6.58 Å². The second kappa shape index (κ2) is 28.2. The molecule has 0 unspecified atom stereocenters. The number of carbonyl (C=O) groups excluding carboxylic acids is 6. The van der Waals surface area contributed by atoms with E-state index in [1.807, 2.05) is 26.8 Å². The zero-order valence-corrected chi connectivity index (χ0v) is 43.3. The summed E-state index contributed by atoms with van der Waals surface area (Å²) in [7, 11) is 6.38. The van der Waals surface area contributed by atoms with E-state index in [0.29, 0.717) is 5.57 Å². The van der Waals surface area contributed by atoms with Crippen LogP contribution >= 0.6 is 0 Å². The number of ketones is 2. The minimum absolute atomic E-state index is 0.0853. The largest absolute Gasteiger partial charge is 0.458 e. The number of hydrogen-bond acceptors (Lipinski definition) is 19. The molecule has 69 heavy (non-hydrogen) atoms. The molecule has 16 atom stereocenters. The van der Waals surface area contributed by atoms with Gasteiger partial charge < -0.3 is 56.8 Å². The first-order valence-corrected chi connectivity index (χ1v) is 23.9. The Morgan fingerprint density at radius 1 is 0.768 bits per heavy atom. The van der Waals surface area contributed by atoms with Gasteiger partial charge in [0.2, 0.25) is 0 Å². The van der Waals surface area contributed by atoms with E-state index in [1.165, 1.54) is 41.1 Å². The van der Waals surface area contributed by atoms with Crippen molar-refractivity contribution in [2.24, 2.45) is 23.7 Å². The number of hydrogen-bond donors (Lipinski definition) is 0. The summed E-state index contributed by atoms with van der Waals surface area (Å²) in [6.07, 6.45) is -5.58. The number of carbonyl (C=O) groups is 6. The molecule has 0 aliphatic carbocycles. The first-order valence-electron chi connectivity index (χ1n) is 23.9. The summed E-state index contributed by atoms with van der Waals surface area (Å²) in [5, 5.41) is 0. The summed E-state index contributed by atoms with van der Waals surface area (Å²) in [4.78, 5) is 81.9. The fraction of sp³-hybridized carbons (Fsp3) is 0.760. The molecule has 0 N–H and O–H groups in total. The van der Waals surface area contributed by atoms with E-state index in [9.17, 15) is 28.8 Å². The Hall–Kier alpha value is -3.92. The second-order valence-corrected chi connectivity index (χ2v) is 18.2. The van der Waals surface area contributed by atoms with Gasteiger partial charge in [-0.15, -0.1) is 0 Å². The Kier molecular flexibility index (Phi) is 24.3. The Labute approximate surface area is 408 Å². The molecule has 2 fully saturated rings. The van der Waals surface area contributed by atoms with Crippen LogP contribution < -0.4 is 0 Å². The normalized spacial score (nSPS) is 35.5. The fourth-order valence-electron chi connectivity index (χ4n) is 9.32. The third kappa shape index (κ3) is 16.6. The van der Waals surface area contributed by atoms with Crippen LogP contribution in [0.3, 0.4) is 0 Å². The van der Waals surface area contributed by atoms with Crippen molar-refractivity contribution >= 4 is 35.4 Å². The molecule has 3 heterocycles. The summed E-state index contributed by atoms with van der Waals surface area (Å²) in [5.74, 6) is -6.84. The molecule has 0 saturated carbocycles. The molecule has 3 aliphatic rings. The van der Waals surface area contributed by atoms with Crippen LogP contribution in [0, 0.1) is 23.7 Å². The summed E-state index contributed by atoms with van der Waals surface area (Å²) in [6, 6.07) is -0.774. The zero-order valence-electron chi connectivity index (χ0n) is 43.3. The smallest absolute Gasteiger partial charge is 0.341 e. The van der Waals surface area contributed by atoms with Gasteiger partial charge in [-0.2, -0.15) is 0 Å². The van der Waals surface area contributed by atoms with Gasteiger partial charge in [-0.05, 0) is 73.5 Å². The Morgan fingerprint density at radius 2 is 1.32 bits per heavy atom. The van der Waals surface area contributed by atoms with Crippen LogP contribution in [-0.2, 0) is 85.6 Å². The molecule has 0 amide bonds. The topological polar surface area (TPSA) is 216 Å². The van der Waals surface area contributed by atoms with Crippen molar-refractivity contribution in [2.75, 3.05) is 48.1 Å². The molecule has 3 aliphatic heterocycles. The highest BCUT2D eigenvalue weighted by atomic mass is 16.7. The van der Waals surface area contributed by atoms with Crippen molar-refractivity contribution < 1.29 is 85.6 Å². The molecular weight excluding hydrogens is 903 g/mol. The molecule has 0 aromatic rings. The lowest BCUT2D eigenvalue weighted by molar-refractivity contribution is -0.306. The van der Waals surface area contributed by atoms with Crippen LogP contribution in [0.1, 0.15) is 95.4 Å². The van der Waals surface area contributed by atoms with Crippen LogP contribution in [0.4, 0.5) is 0 Å². The molecule has 392 valence electrons. The standard InChI is InChI=1S/C50H79NO18/c1-17-38-36(25-62-49-47(59-16)46(58-15)44(31(9)63-49)66-33(11)53)22-26(4)20-21-37(55)27(5)23-35(24-39(60-18-2)61-19-3)42(28(6)41(56)29(7)48(57)68-38)69-50-45(67-34(12)54)40(51(13)14)43(30(8)64-50)65-32(10)52/h20-22,27-28,30-31,35-36,38-40,42-47,49-50H,7,17-19,23-25H2,1-6,8-16H3/b21-20+,26-22+/t27-,28+,30-,31-,35-,36-,38-,40+,42-,43-,44-,45-,46-,47-,49-,50+/m1/s1. The van der Waals surface area contributed by atoms with Crippen molar-refractivity contribution in [1.82, 2.24) is 4.90 Å². The van der Waals surface area contributed by atoms with E-state index in [0.717, 1.165) is 0 Å². The van der Waals surface area contributed by atoms with Crippen LogP contribution in [-0.4, -0.2) is 168 Å². The van der Waals surface area contributed by atoms with Gasteiger partial charge in [-0.1, -0.05) is 45.1 Å². The molecule has 19 nitrogen and oxygen atoms in total. The van der Waals surface area contributed by atoms with Gasteiger partial charge in [0.05, 0.1) is 36.5 Å². The number of Topliss-reactive ketones (excluding diaryl/α,β-unsaturated/α-hetero) is 1. The number of cyclic esters (lactones) is 1. The van der Waals surface area contributed by atoms with E-state index >= 15 is 0 Å². The van der Waals surface area contributed by atoms with Gasteiger partial charge in [0.25, 0.3) is 0 Å². The van der Waals surface area contributed by atoms with Gasteiger partial charge in [0.15, 0.2) is 42.6 Å². The number of rotatable bonds is 18. The van der Waals surface area contributed by atoms with Crippen molar-refractivity contribution in [3.8, 4) is 0 Å². The molecule has 0 spiro atoms. The quantitative estimate of drug-likeness (QED) is 0.0590. The molecule has 19 heteroatoms. The predicted molar refractivity (Wildman–Crippen MR) is 249 cm³/mol. The van der Waals surface area contributed by atoms with E-state index in [1.54, 1.807) is 59.7 Å². The molecular formula is C50H79NO18. The summed E-state index contributed by atoms with van der Waals surface area (Å²) < 4.78 is 72.5. The predicted octanol–water partition coefficient (Wildman–Crippen LogP) is 4.85. The molecule has 0 bridgehead atoms. The molecule has 0 aromatic carbocycles. The third-order valence-corrected chi connectivity index (χ3v) is 12.7. The number of likely N-dealkylation sites (N-methyl/N-ethyl adjacent to an activating group) is 1. The highest BCUT2D eigenvalue weighted by molar-refractivity contribution is 6.17. The minimum Gasteiger partial charge on any atom is -0.458 e. The van der Waals surface area contributed by atoms with Gasteiger partial charge in [0.1, 0.15) is 24.4 Å². The Balaban J connectivity index is 2.16. The van der Waals surface area contributed by atoms with E-state index in [4.69, 9.17) is 56.8 Å². The molecule has 3 rings (SSSR count). The third-order valence-electron chi connectivity index (χ3n) is 12.7. The fourth-order valence-corrected chi connectivity index (χ4v) is 9.32. The maximum atomic E-state index is 14.8. The maximum absolute atomic E-state index is 14.8. The first-order chi connectivity index (χ1) is 32.5. The van der Waals surface area contributed by atoms with Crippen LogP contribution in [0.5, 0.6) is 0 Å². The van der Waals surface area contributed by atoms with Crippen molar-refractivity contribution in [3.63, 3.8) is 0 Å². The molecule has 2 saturated heterocycles. The summed E-state index contributed by atoms with van der Waals surface area (Å²) >= 11 is 0. The number of esters is 4. The lowest BCUT2D eigenvalue weighted by Gasteiger charge is -2.48. The van der Waals surface area contributed by atoms with Crippen molar-refractivity contribution in [3.05, 3.63) is 36.0 Å². The summed E-state index contributed by atoms with van der Waals surface area (Å²) in [5.41, 5.74) is 0.183. The zero-order chi connectivity index (χ0) is 51.9. The lowest BCUT2D eigenvalue weighted by atomic mass is 9.79. The Bertz CT molecular complexity index is 1790. The second-order valence-electron chi connectivity index (χ2n) is 18.2. The van der Waals surface area contributed by atoms with Crippen LogP contribution in [0.25, 0.3) is 0 Å². The Morgan fingerprint density at radius 3 is 1.86 bits per heavy atom. The van der Waals surface area contributed by atoms with Crippen molar-refractivity contribution in [2.45, 2.75) is 175 Å². The first kappa shape index (κ1) is 59.4. The van der Waals surface area contributed by atoms with Crippen LogP contribution in [0.15, 0.2) is 36.0 Å². The van der Waals surface area contributed by atoms with E-state index < -0.39 is 139 Å². The average Bonchev–Trinajstić information content (AvgIpc) is 3.27. The highest BCUT2D eigenvalue weighted by Crippen LogP contribution is 2.37. The van der Waals surface area contributed by atoms with Crippen molar-refractivity contribution in [1.29, 1.82) is 0 Å². The number of methoxy groups -OCH3 is 2. The monoisotopic (exact) mass is 982 g/mol. The number of nitrogens with zero attached hydrogens (tertiary/aromatic N) is 1. The lowest BCUT2D eigenvalue weighted by Crippen LogP contribution is -2.65. The van der Waals surface area contributed by atoms with Gasteiger partial charge in [-0.25, -0.2) is 4.79 Å². The van der Waals surface area contributed by atoms with Gasteiger partial charge in [0, 0.05) is 72.4 Å². The number of ether oxygens (including phenoxy) is 12.